The van der Waals surface area contributed by atoms with Gasteiger partial charge in [0.15, 0.2) is 5.82 Å². The molecule has 0 aromatic carbocycles. The van der Waals surface area contributed by atoms with E-state index < -0.39 is 0 Å². The van der Waals surface area contributed by atoms with Crippen LogP contribution in [0.3, 0.4) is 0 Å². The van der Waals surface area contributed by atoms with Gasteiger partial charge in [-0.25, -0.2) is 0 Å². The highest BCUT2D eigenvalue weighted by Crippen LogP contribution is 2.22. The van der Waals surface area contributed by atoms with Crippen molar-refractivity contribution >= 4 is 0 Å². The van der Waals surface area contributed by atoms with Gasteiger partial charge in [0.1, 0.15) is 6.10 Å². The smallest absolute Gasteiger partial charge is 0.240 e. The highest BCUT2D eigenvalue weighted by atomic mass is 16.5. The third-order valence-corrected chi connectivity index (χ3v) is 3.94. The van der Waals surface area contributed by atoms with E-state index in [4.69, 9.17) is 9.26 Å². The monoisotopic (exact) mass is 283 g/mol. The lowest BCUT2D eigenvalue weighted by Crippen LogP contribution is -2.36. The molecule has 2 unspecified atom stereocenters. The summed E-state index contributed by atoms with van der Waals surface area (Å²) in [4.78, 5) is 6.68. The number of nitrogens with zero attached hydrogens (tertiary/aromatic N) is 3. The van der Waals surface area contributed by atoms with E-state index >= 15 is 0 Å². The van der Waals surface area contributed by atoms with E-state index in [9.17, 15) is 5.11 Å². The topological polar surface area (TPSA) is 71.6 Å². The van der Waals surface area contributed by atoms with E-state index in [0.717, 1.165) is 25.9 Å². The summed E-state index contributed by atoms with van der Waals surface area (Å²) < 4.78 is 10.7. The van der Waals surface area contributed by atoms with Gasteiger partial charge >= 0.3 is 0 Å². The Bertz CT molecular complexity index is 400. The van der Waals surface area contributed by atoms with E-state index in [2.05, 4.69) is 15.0 Å². The molecule has 0 saturated carbocycles. The summed E-state index contributed by atoms with van der Waals surface area (Å²) in [6.07, 6.45) is 1.71. The van der Waals surface area contributed by atoms with Gasteiger partial charge in [-0.3, -0.25) is 4.90 Å². The largest absolute Gasteiger partial charge is 0.393 e. The van der Waals surface area contributed by atoms with Gasteiger partial charge in [0, 0.05) is 6.61 Å². The average molecular weight is 283 g/mol. The Hall–Kier alpha value is -0.980. The molecule has 114 valence electrons. The summed E-state index contributed by atoms with van der Waals surface area (Å²) in [5, 5.41) is 13.6. The quantitative estimate of drug-likeness (QED) is 0.857. The molecule has 6 nitrogen and oxygen atoms in total. The molecule has 0 amide bonds. The molecular formula is C14H25N3O3. The third kappa shape index (κ3) is 4.01. The van der Waals surface area contributed by atoms with Gasteiger partial charge in [0.05, 0.1) is 12.6 Å². The summed E-state index contributed by atoms with van der Waals surface area (Å²) in [6.45, 7) is 8.99. The minimum atomic E-state index is -0.209. The molecule has 1 aromatic heterocycles. The molecule has 6 heteroatoms. The molecule has 0 radical (unpaired) electrons. The second-order valence-electron chi connectivity index (χ2n) is 5.50. The van der Waals surface area contributed by atoms with Gasteiger partial charge < -0.3 is 14.4 Å². The Morgan fingerprint density at radius 1 is 1.40 bits per heavy atom. The molecule has 0 spiro atoms. The highest BCUT2D eigenvalue weighted by Gasteiger charge is 2.24. The predicted octanol–water partition coefficient (Wildman–Crippen LogP) is 1.76. The van der Waals surface area contributed by atoms with Crippen LogP contribution in [0.2, 0.25) is 0 Å². The van der Waals surface area contributed by atoms with Crippen molar-refractivity contribution in [2.45, 2.75) is 52.4 Å². The van der Waals surface area contributed by atoms with Gasteiger partial charge in [-0.05, 0) is 52.6 Å². The van der Waals surface area contributed by atoms with Crippen molar-refractivity contribution in [3.63, 3.8) is 0 Å². The van der Waals surface area contributed by atoms with E-state index in [1.165, 1.54) is 0 Å². The Morgan fingerprint density at radius 3 is 2.70 bits per heavy atom. The number of ether oxygens (including phenoxy) is 1. The molecule has 1 saturated heterocycles. The van der Waals surface area contributed by atoms with Crippen LogP contribution >= 0.6 is 0 Å². The number of aliphatic hydroxyl groups excluding tert-OH is 1. The minimum absolute atomic E-state index is 0.126. The van der Waals surface area contributed by atoms with Gasteiger partial charge in [-0.1, -0.05) is 5.16 Å². The normalized spacial score (nSPS) is 21.0. The van der Waals surface area contributed by atoms with Crippen LogP contribution in [0, 0.1) is 5.92 Å². The molecule has 1 aliphatic heterocycles. The first kappa shape index (κ1) is 15.4. The van der Waals surface area contributed by atoms with Crippen molar-refractivity contribution < 1.29 is 14.4 Å². The fourth-order valence-electron chi connectivity index (χ4n) is 2.61. The van der Waals surface area contributed by atoms with Crippen molar-refractivity contribution in [3.8, 4) is 0 Å². The number of aliphatic hydroxyl groups is 1. The molecule has 1 N–H and O–H groups in total. The molecule has 1 fully saturated rings. The van der Waals surface area contributed by atoms with E-state index in [1.807, 2.05) is 20.8 Å². The van der Waals surface area contributed by atoms with Gasteiger partial charge in [-0.15, -0.1) is 0 Å². The fraction of sp³-hybridized carbons (Fsp3) is 0.857. The average Bonchev–Trinajstić information content (AvgIpc) is 2.88. The molecule has 1 aliphatic rings. The van der Waals surface area contributed by atoms with Crippen LogP contribution in [0.1, 0.15) is 51.4 Å². The maximum absolute atomic E-state index is 9.59. The molecule has 2 rings (SSSR count). The second kappa shape index (κ2) is 7.15. The summed E-state index contributed by atoms with van der Waals surface area (Å²) in [6, 6.07) is 0. The van der Waals surface area contributed by atoms with Crippen molar-refractivity contribution in [3.05, 3.63) is 11.7 Å². The Kier molecular flexibility index (Phi) is 5.51. The van der Waals surface area contributed by atoms with E-state index in [1.54, 1.807) is 0 Å². The van der Waals surface area contributed by atoms with Crippen LogP contribution in [0.15, 0.2) is 4.52 Å². The van der Waals surface area contributed by atoms with Crippen LogP contribution < -0.4 is 0 Å². The zero-order chi connectivity index (χ0) is 14.5. The number of likely N-dealkylation sites (tertiary alicyclic amines) is 1. The Balaban J connectivity index is 1.83. The Morgan fingerprint density at radius 2 is 2.10 bits per heavy atom. The summed E-state index contributed by atoms with van der Waals surface area (Å²) in [5.41, 5.74) is 0. The maximum atomic E-state index is 9.59. The van der Waals surface area contributed by atoms with E-state index in [0.29, 0.717) is 30.8 Å². The van der Waals surface area contributed by atoms with Crippen molar-refractivity contribution in [1.29, 1.82) is 0 Å². The standard InChI is InChI=1S/C14H25N3O3/c1-4-19-11(3)14-15-13(20-16-14)9-17-7-5-12(6-8-17)10(2)18/h10-12,18H,4-9H2,1-3H3. The molecule has 2 atom stereocenters. The van der Waals surface area contributed by atoms with Gasteiger partial charge in [-0.2, -0.15) is 4.98 Å². The zero-order valence-corrected chi connectivity index (χ0v) is 12.6. The van der Waals surface area contributed by atoms with Crippen LogP contribution in [0.5, 0.6) is 0 Å². The van der Waals surface area contributed by atoms with Crippen LogP contribution in [0.25, 0.3) is 0 Å². The van der Waals surface area contributed by atoms with Gasteiger partial charge in [0.2, 0.25) is 5.89 Å². The summed E-state index contributed by atoms with van der Waals surface area (Å²) >= 11 is 0. The SMILES string of the molecule is CCOC(C)c1noc(CN2CCC(C(C)O)CC2)n1. The first-order valence-corrected chi connectivity index (χ1v) is 7.44. The number of hydrogen-bond acceptors (Lipinski definition) is 6. The molecule has 2 heterocycles. The van der Waals surface area contributed by atoms with Crippen molar-refractivity contribution in [2.75, 3.05) is 19.7 Å². The zero-order valence-electron chi connectivity index (χ0n) is 12.6. The lowest BCUT2D eigenvalue weighted by atomic mass is 9.92. The van der Waals surface area contributed by atoms with E-state index in [-0.39, 0.29) is 12.2 Å². The first-order chi connectivity index (χ1) is 9.60. The Labute approximate surface area is 120 Å². The van der Waals surface area contributed by atoms with Crippen LogP contribution in [0.4, 0.5) is 0 Å². The molecule has 1 aromatic rings. The maximum Gasteiger partial charge on any atom is 0.240 e. The first-order valence-electron chi connectivity index (χ1n) is 7.44. The highest BCUT2D eigenvalue weighted by molar-refractivity contribution is 4.90. The number of rotatable bonds is 6. The molecule has 0 aliphatic carbocycles. The number of hydrogen-bond donors (Lipinski definition) is 1. The number of aromatic nitrogens is 2. The lowest BCUT2D eigenvalue weighted by Gasteiger charge is -2.32. The molecule has 20 heavy (non-hydrogen) atoms. The van der Waals surface area contributed by atoms with Crippen LogP contribution in [-0.4, -0.2) is 45.9 Å². The third-order valence-electron chi connectivity index (χ3n) is 3.94. The minimum Gasteiger partial charge on any atom is -0.393 e. The summed E-state index contributed by atoms with van der Waals surface area (Å²) in [5.74, 6) is 1.67. The predicted molar refractivity (Wildman–Crippen MR) is 74.0 cm³/mol. The molecular weight excluding hydrogens is 258 g/mol. The second-order valence-corrected chi connectivity index (χ2v) is 5.50. The fourth-order valence-corrected chi connectivity index (χ4v) is 2.61. The summed E-state index contributed by atoms with van der Waals surface area (Å²) in [7, 11) is 0. The lowest BCUT2D eigenvalue weighted by molar-refractivity contribution is 0.0659. The molecule has 0 bridgehead atoms. The number of piperidine rings is 1. The van der Waals surface area contributed by atoms with Crippen molar-refractivity contribution in [1.82, 2.24) is 15.0 Å². The van der Waals surface area contributed by atoms with Crippen LogP contribution in [-0.2, 0) is 11.3 Å². The van der Waals surface area contributed by atoms with Gasteiger partial charge in [0.25, 0.3) is 0 Å². The van der Waals surface area contributed by atoms with Crippen molar-refractivity contribution in [2.24, 2.45) is 5.92 Å².